The molecule has 1 saturated heterocycles. The molecule has 0 aromatic rings. The molecule has 0 bridgehead atoms. The van der Waals surface area contributed by atoms with Crippen LogP contribution in [0.15, 0.2) is 4.99 Å². The third-order valence-corrected chi connectivity index (χ3v) is 4.61. The van der Waals surface area contributed by atoms with E-state index >= 15 is 0 Å². The van der Waals surface area contributed by atoms with Crippen LogP contribution in [0.2, 0.25) is 0 Å². The minimum Gasteiger partial charge on any atom is -0.459 e. The van der Waals surface area contributed by atoms with Crippen LogP contribution in [0.5, 0.6) is 0 Å². The van der Waals surface area contributed by atoms with Crippen molar-refractivity contribution >= 4 is 41.8 Å². The van der Waals surface area contributed by atoms with Gasteiger partial charge in [-0.1, -0.05) is 13.8 Å². The monoisotopic (exact) mass is 510 g/mol. The number of esters is 1. The summed E-state index contributed by atoms with van der Waals surface area (Å²) in [6.45, 7) is 13.9. The Hall–Kier alpha value is -1.06. The van der Waals surface area contributed by atoms with Crippen LogP contribution < -0.4 is 10.6 Å². The Morgan fingerprint density at radius 1 is 1.14 bits per heavy atom. The van der Waals surface area contributed by atoms with Gasteiger partial charge in [-0.05, 0) is 53.4 Å². The van der Waals surface area contributed by atoms with E-state index in [1.165, 1.54) is 0 Å². The van der Waals surface area contributed by atoms with Crippen molar-refractivity contribution < 1.29 is 14.3 Å². The summed E-state index contributed by atoms with van der Waals surface area (Å²) >= 11 is 0. The van der Waals surface area contributed by atoms with Crippen LogP contribution in [-0.2, 0) is 14.3 Å². The molecule has 0 aromatic heterocycles. The van der Waals surface area contributed by atoms with E-state index in [2.05, 4.69) is 29.5 Å². The molecular weight excluding hydrogens is 471 g/mol. The molecule has 8 heteroatoms. The van der Waals surface area contributed by atoms with Gasteiger partial charge in [0.25, 0.3) is 0 Å². The Bertz CT molecular complexity index is 508. The third-order valence-electron chi connectivity index (χ3n) is 4.61. The molecule has 0 spiro atoms. The van der Waals surface area contributed by atoms with E-state index in [0.717, 1.165) is 38.8 Å². The molecule has 1 fully saturated rings. The molecule has 0 aliphatic carbocycles. The molecule has 1 heterocycles. The lowest BCUT2D eigenvalue weighted by atomic mass is 9.98. The van der Waals surface area contributed by atoms with Crippen LogP contribution in [0, 0.1) is 5.92 Å². The summed E-state index contributed by atoms with van der Waals surface area (Å²) < 4.78 is 5.29. The Morgan fingerprint density at radius 3 is 2.18 bits per heavy atom. The first-order chi connectivity index (χ1) is 12.7. The Balaban J connectivity index is 0.00000729. The number of piperidine rings is 1. The Morgan fingerprint density at radius 2 is 1.71 bits per heavy atom. The molecule has 0 atom stereocenters. The van der Waals surface area contributed by atoms with Crippen molar-refractivity contribution in [2.75, 3.05) is 26.2 Å². The number of amides is 1. The number of hydrogen-bond donors (Lipinski definition) is 2. The number of ether oxygens (including phenoxy) is 1. The number of guanidine groups is 1. The van der Waals surface area contributed by atoms with Crippen LogP contribution in [-0.4, -0.2) is 60.6 Å². The van der Waals surface area contributed by atoms with Gasteiger partial charge in [0.05, 0.1) is 0 Å². The molecule has 0 unspecified atom stereocenters. The minimum absolute atomic E-state index is 0. The number of nitrogens with zero attached hydrogens (tertiary/aromatic N) is 2. The van der Waals surface area contributed by atoms with Gasteiger partial charge in [0.2, 0.25) is 5.91 Å². The van der Waals surface area contributed by atoms with Crippen molar-refractivity contribution in [3.8, 4) is 0 Å². The van der Waals surface area contributed by atoms with Gasteiger partial charge in [-0.3, -0.25) is 9.59 Å². The van der Waals surface area contributed by atoms with Crippen molar-refractivity contribution in [2.24, 2.45) is 10.9 Å². The summed E-state index contributed by atoms with van der Waals surface area (Å²) in [6, 6.07) is 0.243. The van der Waals surface area contributed by atoms with Crippen LogP contribution in [0.25, 0.3) is 0 Å². The summed E-state index contributed by atoms with van der Waals surface area (Å²) in [7, 11) is 0. The van der Waals surface area contributed by atoms with Gasteiger partial charge in [-0.15, -0.1) is 24.0 Å². The molecule has 1 aliphatic heterocycles. The first-order valence-electron chi connectivity index (χ1n) is 10.3. The van der Waals surface area contributed by atoms with Crippen molar-refractivity contribution in [1.82, 2.24) is 15.5 Å². The number of hydrogen-bond acceptors (Lipinski definition) is 4. The Kier molecular flexibility index (Phi) is 12.7. The van der Waals surface area contributed by atoms with Crippen LogP contribution in [0.4, 0.5) is 0 Å². The summed E-state index contributed by atoms with van der Waals surface area (Å²) in [4.78, 5) is 30.7. The van der Waals surface area contributed by atoms with E-state index in [1.807, 2.05) is 32.6 Å². The summed E-state index contributed by atoms with van der Waals surface area (Å²) in [5.74, 6) is 0.699. The molecule has 1 amide bonds. The van der Waals surface area contributed by atoms with Crippen LogP contribution in [0.3, 0.4) is 0 Å². The SMILES string of the molecule is CCNC(=NCC(=O)OC(C)(C)C)NC1CCN(C(=O)C(CC)CC)CC1.I. The van der Waals surface area contributed by atoms with Gasteiger partial charge in [0, 0.05) is 31.6 Å². The maximum atomic E-state index is 12.5. The van der Waals surface area contributed by atoms with Crippen LogP contribution in [0.1, 0.15) is 67.2 Å². The van der Waals surface area contributed by atoms with Crippen molar-refractivity contribution in [3.63, 3.8) is 0 Å². The molecule has 0 saturated carbocycles. The topological polar surface area (TPSA) is 83.0 Å². The van der Waals surface area contributed by atoms with E-state index < -0.39 is 5.60 Å². The zero-order valence-corrected chi connectivity index (χ0v) is 20.7. The average Bonchev–Trinajstić information content (AvgIpc) is 2.60. The summed E-state index contributed by atoms with van der Waals surface area (Å²) in [5, 5.41) is 6.55. The maximum absolute atomic E-state index is 12.5. The predicted molar refractivity (Wildman–Crippen MR) is 124 cm³/mol. The van der Waals surface area contributed by atoms with Crippen molar-refractivity contribution in [3.05, 3.63) is 0 Å². The molecule has 28 heavy (non-hydrogen) atoms. The fourth-order valence-electron chi connectivity index (χ4n) is 3.17. The number of nitrogens with one attached hydrogen (secondary N) is 2. The largest absolute Gasteiger partial charge is 0.459 e. The second-order valence-electron chi connectivity index (χ2n) is 8.04. The van der Waals surface area contributed by atoms with E-state index in [1.54, 1.807) is 0 Å². The number of carbonyl (C=O) groups excluding carboxylic acids is 2. The highest BCUT2D eigenvalue weighted by atomic mass is 127. The molecule has 0 radical (unpaired) electrons. The van der Waals surface area contributed by atoms with Gasteiger partial charge in [0.15, 0.2) is 5.96 Å². The highest BCUT2D eigenvalue weighted by molar-refractivity contribution is 14.0. The zero-order chi connectivity index (χ0) is 20.4. The third kappa shape index (κ3) is 9.93. The van der Waals surface area contributed by atoms with Crippen molar-refractivity contribution in [2.45, 2.75) is 78.9 Å². The number of carbonyl (C=O) groups is 2. The van der Waals surface area contributed by atoms with Crippen LogP contribution >= 0.6 is 24.0 Å². The standard InChI is InChI=1S/C20H38N4O3.HI/c1-7-15(8-2)18(26)24-12-10-16(11-13-24)23-19(21-9-3)22-14-17(25)27-20(4,5)6;/h15-16H,7-14H2,1-6H3,(H2,21,22,23);1H. The van der Waals surface area contributed by atoms with E-state index in [-0.39, 0.29) is 54.4 Å². The molecule has 7 nitrogen and oxygen atoms in total. The first-order valence-corrected chi connectivity index (χ1v) is 10.3. The highest BCUT2D eigenvalue weighted by Crippen LogP contribution is 2.17. The number of rotatable bonds is 7. The number of aliphatic imine (C=N–C) groups is 1. The molecule has 164 valence electrons. The van der Waals surface area contributed by atoms with E-state index in [0.29, 0.717) is 12.5 Å². The van der Waals surface area contributed by atoms with E-state index in [4.69, 9.17) is 4.74 Å². The van der Waals surface area contributed by atoms with Crippen molar-refractivity contribution in [1.29, 1.82) is 0 Å². The second-order valence-corrected chi connectivity index (χ2v) is 8.04. The molecule has 2 N–H and O–H groups in total. The number of likely N-dealkylation sites (tertiary alicyclic amines) is 1. The molecule has 1 rings (SSSR count). The molecular formula is C20H39IN4O3. The van der Waals surface area contributed by atoms with Gasteiger partial charge in [0.1, 0.15) is 12.1 Å². The predicted octanol–water partition coefficient (Wildman–Crippen LogP) is 2.93. The smallest absolute Gasteiger partial charge is 0.328 e. The molecule has 1 aliphatic rings. The van der Waals surface area contributed by atoms with Gasteiger partial charge in [-0.2, -0.15) is 0 Å². The lowest BCUT2D eigenvalue weighted by molar-refractivity contribution is -0.152. The summed E-state index contributed by atoms with van der Waals surface area (Å²) in [5.41, 5.74) is -0.507. The normalized spacial score (nSPS) is 15.8. The fraction of sp³-hybridized carbons (Fsp3) is 0.850. The highest BCUT2D eigenvalue weighted by Gasteiger charge is 2.27. The first kappa shape index (κ1) is 26.9. The summed E-state index contributed by atoms with van der Waals surface area (Å²) in [6.07, 6.45) is 3.55. The fourth-order valence-corrected chi connectivity index (χ4v) is 3.17. The number of halogens is 1. The Labute approximate surface area is 187 Å². The zero-order valence-electron chi connectivity index (χ0n) is 18.3. The molecule has 0 aromatic carbocycles. The van der Waals surface area contributed by atoms with Gasteiger partial charge in [-0.25, -0.2) is 4.99 Å². The second kappa shape index (κ2) is 13.2. The van der Waals surface area contributed by atoms with E-state index in [9.17, 15) is 9.59 Å². The quantitative estimate of drug-likeness (QED) is 0.238. The minimum atomic E-state index is -0.507. The lowest BCUT2D eigenvalue weighted by Crippen LogP contribution is -2.50. The van der Waals surface area contributed by atoms with Gasteiger partial charge < -0.3 is 20.3 Å². The average molecular weight is 510 g/mol. The lowest BCUT2D eigenvalue weighted by Gasteiger charge is -2.34. The maximum Gasteiger partial charge on any atom is 0.328 e. The van der Waals surface area contributed by atoms with Gasteiger partial charge >= 0.3 is 5.97 Å².